The van der Waals surface area contributed by atoms with Crippen LogP contribution in [-0.4, -0.2) is 35.9 Å². The number of hydrogen-bond acceptors (Lipinski definition) is 4. The van der Waals surface area contributed by atoms with Gasteiger partial charge in [-0.3, -0.25) is 0 Å². The quantitative estimate of drug-likeness (QED) is 0.781. The third-order valence-electron chi connectivity index (χ3n) is 2.77. The molecule has 0 aliphatic rings. The van der Waals surface area contributed by atoms with Crippen LogP contribution in [0.15, 0.2) is 18.2 Å². The molecule has 5 heteroatoms. The molecule has 0 radical (unpaired) electrons. The van der Waals surface area contributed by atoms with E-state index in [0.717, 1.165) is 23.5 Å². The summed E-state index contributed by atoms with van der Waals surface area (Å²) in [4.78, 5) is 2.38. The number of likely N-dealkylation sites (N-methyl/N-ethyl adjacent to an activating group) is 1. The van der Waals surface area contributed by atoms with Crippen molar-refractivity contribution >= 4 is 22.9 Å². The minimum atomic E-state index is -0.799. The molecule has 0 aliphatic carbocycles. The van der Waals surface area contributed by atoms with Crippen molar-refractivity contribution in [3.8, 4) is 5.75 Å². The predicted molar refractivity (Wildman–Crippen MR) is 83.1 cm³/mol. The number of nitrogens with two attached hydrogens (primary N) is 1. The van der Waals surface area contributed by atoms with Crippen LogP contribution in [0.3, 0.4) is 0 Å². The van der Waals surface area contributed by atoms with Crippen molar-refractivity contribution < 1.29 is 9.84 Å². The van der Waals surface area contributed by atoms with Gasteiger partial charge in [0.2, 0.25) is 0 Å². The molecule has 0 spiro atoms. The van der Waals surface area contributed by atoms with Gasteiger partial charge in [0.15, 0.2) is 0 Å². The first kappa shape index (κ1) is 15.7. The van der Waals surface area contributed by atoms with E-state index >= 15 is 0 Å². The monoisotopic (exact) mass is 282 g/mol. The lowest BCUT2D eigenvalue weighted by molar-refractivity contribution is 0.0876. The zero-order valence-corrected chi connectivity index (χ0v) is 12.8. The minimum absolute atomic E-state index is 0.340. The van der Waals surface area contributed by atoms with E-state index in [4.69, 9.17) is 22.7 Å². The number of hydrogen-bond donors (Lipinski definition) is 2. The number of rotatable bonds is 6. The predicted octanol–water partition coefficient (Wildman–Crippen LogP) is 1.93. The van der Waals surface area contributed by atoms with Gasteiger partial charge in [-0.15, -0.1) is 0 Å². The zero-order chi connectivity index (χ0) is 14.6. The van der Waals surface area contributed by atoms with Crippen LogP contribution in [0.25, 0.3) is 0 Å². The van der Waals surface area contributed by atoms with Crippen LogP contribution >= 0.6 is 12.2 Å². The number of benzene rings is 1. The lowest BCUT2D eigenvalue weighted by Gasteiger charge is -2.31. The fourth-order valence-electron chi connectivity index (χ4n) is 1.94. The molecule has 0 amide bonds. The van der Waals surface area contributed by atoms with Crippen LogP contribution in [0.1, 0.15) is 26.3 Å². The second-order valence-electron chi connectivity index (χ2n) is 5.07. The third-order valence-corrected chi connectivity index (χ3v) is 2.99. The van der Waals surface area contributed by atoms with Gasteiger partial charge in [0.1, 0.15) is 10.7 Å². The molecule has 0 unspecified atom stereocenters. The Morgan fingerprint density at radius 2 is 2.11 bits per heavy atom. The summed E-state index contributed by atoms with van der Waals surface area (Å²) in [6, 6.07) is 5.57. The molecule has 1 rings (SSSR count). The van der Waals surface area contributed by atoms with Crippen molar-refractivity contribution in [3.05, 3.63) is 23.8 Å². The molecule has 1 aromatic rings. The average Bonchev–Trinajstić information content (AvgIpc) is 2.33. The first-order chi connectivity index (χ1) is 8.78. The highest BCUT2D eigenvalue weighted by atomic mass is 32.1. The van der Waals surface area contributed by atoms with Gasteiger partial charge in [-0.25, -0.2) is 0 Å². The highest BCUT2D eigenvalue weighted by Gasteiger charge is 2.20. The standard InChI is InChI=1S/C14H22N2O2S/c1-5-16(9-14(2,3)17)12-8-10(18-4)6-7-11(12)13(15)19/h6-8,17H,5,9H2,1-4H3,(H2,15,19). The van der Waals surface area contributed by atoms with Crippen molar-refractivity contribution in [1.29, 1.82) is 0 Å². The Labute approximate surface area is 120 Å². The zero-order valence-electron chi connectivity index (χ0n) is 11.9. The Balaban J connectivity index is 3.23. The number of nitrogens with zero attached hydrogens (tertiary/aromatic N) is 1. The van der Waals surface area contributed by atoms with Gasteiger partial charge >= 0.3 is 0 Å². The van der Waals surface area contributed by atoms with Gasteiger partial charge in [-0.1, -0.05) is 12.2 Å². The molecule has 0 atom stereocenters. The van der Waals surface area contributed by atoms with Crippen molar-refractivity contribution in [1.82, 2.24) is 0 Å². The van der Waals surface area contributed by atoms with Gasteiger partial charge in [-0.2, -0.15) is 0 Å². The summed E-state index contributed by atoms with van der Waals surface area (Å²) < 4.78 is 5.24. The molecule has 0 aliphatic heterocycles. The molecule has 0 saturated carbocycles. The van der Waals surface area contributed by atoms with Crippen LogP contribution in [0, 0.1) is 0 Å². The summed E-state index contributed by atoms with van der Waals surface area (Å²) in [5.74, 6) is 0.740. The summed E-state index contributed by atoms with van der Waals surface area (Å²) in [7, 11) is 1.62. The Hall–Kier alpha value is -1.33. The van der Waals surface area contributed by atoms with E-state index in [1.165, 1.54) is 0 Å². The van der Waals surface area contributed by atoms with Crippen LogP contribution < -0.4 is 15.4 Å². The smallest absolute Gasteiger partial charge is 0.120 e. The average molecular weight is 282 g/mol. The van der Waals surface area contributed by atoms with Crippen molar-refractivity contribution in [3.63, 3.8) is 0 Å². The van der Waals surface area contributed by atoms with Crippen molar-refractivity contribution in [2.24, 2.45) is 5.73 Å². The van der Waals surface area contributed by atoms with E-state index in [2.05, 4.69) is 0 Å². The molecule has 3 N–H and O–H groups in total. The van der Waals surface area contributed by atoms with Crippen LogP contribution in [-0.2, 0) is 0 Å². The van der Waals surface area contributed by atoms with Gasteiger partial charge in [0, 0.05) is 24.7 Å². The second-order valence-corrected chi connectivity index (χ2v) is 5.51. The maximum atomic E-state index is 10.00. The van der Waals surface area contributed by atoms with E-state index in [9.17, 15) is 5.11 Å². The Kier molecular flexibility index (Phi) is 5.14. The first-order valence-corrected chi connectivity index (χ1v) is 6.64. The van der Waals surface area contributed by atoms with E-state index in [-0.39, 0.29) is 0 Å². The largest absolute Gasteiger partial charge is 0.497 e. The molecule has 4 nitrogen and oxygen atoms in total. The van der Waals surface area contributed by atoms with Crippen LogP contribution in [0.2, 0.25) is 0 Å². The second kappa shape index (κ2) is 6.21. The third kappa shape index (κ3) is 4.36. The molecule has 0 bridgehead atoms. The Morgan fingerprint density at radius 1 is 1.47 bits per heavy atom. The highest BCUT2D eigenvalue weighted by Crippen LogP contribution is 2.27. The first-order valence-electron chi connectivity index (χ1n) is 6.23. The number of methoxy groups -OCH3 is 1. The molecule has 0 aromatic heterocycles. The van der Waals surface area contributed by atoms with Crippen molar-refractivity contribution in [2.75, 3.05) is 25.1 Å². The molecule has 0 saturated heterocycles. The number of anilines is 1. The van der Waals surface area contributed by atoms with Crippen LogP contribution in [0.5, 0.6) is 5.75 Å². The lowest BCUT2D eigenvalue weighted by Crippen LogP contribution is -2.39. The van der Waals surface area contributed by atoms with Crippen molar-refractivity contribution in [2.45, 2.75) is 26.4 Å². The van der Waals surface area contributed by atoms with E-state index in [0.29, 0.717) is 11.5 Å². The molecular formula is C14H22N2O2S. The molecule has 0 heterocycles. The number of thiocarbonyl (C=S) groups is 1. The topological polar surface area (TPSA) is 58.7 Å². The Bertz CT molecular complexity index is 455. The Morgan fingerprint density at radius 3 is 2.53 bits per heavy atom. The van der Waals surface area contributed by atoms with E-state index in [1.54, 1.807) is 21.0 Å². The molecule has 106 valence electrons. The summed E-state index contributed by atoms with van der Waals surface area (Å²) >= 11 is 5.09. The summed E-state index contributed by atoms with van der Waals surface area (Å²) in [6.07, 6.45) is 0. The maximum Gasteiger partial charge on any atom is 0.120 e. The SMILES string of the molecule is CCN(CC(C)(C)O)c1cc(OC)ccc1C(N)=S. The maximum absolute atomic E-state index is 10.00. The summed E-state index contributed by atoms with van der Waals surface area (Å²) in [5.41, 5.74) is 6.64. The van der Waals surface area contributed by atoms with Gasteiger partial charge in [0.25, 0.3) is 0 Å². The minimum Gasteiger partial charge on any atom is -0.497 e. The fraction of sp³-hybridized carbons (Fsp3) is 0.500. The summed E-state index contributed by atoms with van der Waals surface area (Å²) in [5, 5.41) is 10.00. The molecule has 0 fully saturated rings. The van der Waals surface area contributed by atoms with Gasteiger partial charge in [-0.05, 0) is 32.9 Å². The molecular weight excluding hydrogens is 260 g/mol. The molecule has 19 heavy (non-hydrogen) atoms. The lowest BCUT2D eigenvalue weighted by atomic mass is 10.1. The van der Waals surface area contributed by atoms with E-state index < -0.39 is 5.60 Å². The fourth-order valence-corrected chi connectivity index (χ4v) is 2.12. The number of aliphatic hydroxyl groups is 1. The van der Waals surface area contributed by atoms with Crippen LogP contribution in [0.4, 0.5) is 5.69 Å². The normalized spacial score (nSPS) is 11.2. The van der Waals surface area contributed by atoms with E-state index in [1.807, 2.05) is 30.0 Å². The van der Waals surface area contributed by atoms with Gasteiger partial charge in [0.05, 0.1) is 18.4 Å². The molecule has 1 aromatic carbocycles. The summed E-state index contributed by atoms with van der Waals surface area (Å²) in [6.45, 7) is 6.81. The van der Waals surface area contributed by atoms with Gasteiger partial charge < -0.3 is 20.5 Å². The highest BCUT2D eigenvalue weighted by molar-refractivity contribution is 7.80. The number of ether oxygens (including phenoxy) is 1.